The molecule has 0 radical (unpaired) electrons. The van der Waals surface area contributed by atoms with Crippen molar-refractivity contribution in [2.24, 2.45) is 0 Å². The molecule has 2 heterocycles. The van der Waals surface area contributed by atoms with E-state index in [1.165, 1.54) is 13.8 Å². The molecule has 1 aromatic heterocycles. The predicted molar refractivity (Wildman–Crippen MR) is 67.0 cm³/mol. The molecule has 0 amide bonds. The average Bonchev–Trinajstić information content (AvgIpc) is 2.76. The Kier molecular flexibility index (Phi) is 4.24. The highest BCUT2D eigenvalue weighted by Crippen LogP contribution is 2.31. The van der Waals surface area contributed by atoms with Crippen LogP contribution in [0.5, 0.6) is 0 Å². The lowest BCUT2D eigenvalue weighted by molar-refractivity contribution is -0.152. The highest BCUT2D eigenvalue weighted by Gasteiger charge is 2.41. The molecule has 116 valence electrons. The van der Waals surface area contributed by atoms with Crippen LogP contribution in [0.15, 0.2) is 15.8 Å². The summed E-state index contributed by atoms with van der Waals surface area (Å²) >= 11 is 0. The molecule has 0 spiro atoms. The first kappa shape index (κ1) is 15.4. The smallest absolute Gasteiger partial charge is 0.330 e. The lowest BCUT2D eigenvalue weighted by Gasteiger charge is -2.20. The van der Waals surface area contributed by atoms with Crippen molar-refractivity contribution >= 4 is 5.97 Å². The Balaban J connectivity index is 2.30. The van der Waals surface area contributed by atoms with Gasteiger partial charge in [-0.1, -0.05) is 0 Å². The number of esters is 1. The molecule has 0 unspecified atom stereocenters. The van der Waals surface area contributed by atoms with Crippen molar-refractivity contribution in [3.8, 4) is 0 Å². The summed E-state index contributed by atoms with van der Waals surface area (Å²) in [6.07, 6.45) is -2.74. The van der Waals surface area contributed by atoms with Crippen LogP contribution in [0.25, 0.3) is 0 Å². The minimum atomic E-state index is -1.14. The number of ether oxygens (including phenoxy) is 2. The van der Waals surface area contributed by atoms with Crippen LogP contribution in [0.3, 0.4) is 0 Å². The number of nitrogens with one attached hydrogen (secondary N) is 1. The van der Waals surface area contributed by atoms with E-state index in [4.69, 9.17) is 9.47 Å². The molecule has 0 bridgehead atoms. The number of aromatic amines is 1. The second kappa shape index (κ2) is 5.78. The predicted octanol–water partition coefficient (Wildman–Crippen LogP) is -0.724. The van der Waals surface area contributed by atoms with Gasteiger partial charge in [-0.3, -0.25) is 19.1 Å². The van der Waals surface area contributed by atoms with Gasteiger partial charge in [0.15, 0.2) is 0 Å². The first-order valence-corrected chi connectivity index (χ1v) is 6.31. The number of carbonyl (C=O) groups is 1. The van der Waals surface area contributed by atoms with Crippen LogP contribution in [0, 0.1) is 5.82 Å². The molecule has 0 saturated carbocycles. The first-order valence-electron chi connectivity index (χ1n) is 6.31. The van der Waals surface area contributed by atoms with Gasteiger partial charge in [-0.15, -0.1) is 0 Å². The Bertz CT molecular complexity index is 652. The number of aliphatic hydroxyl groups is 1. The lowest BCUT2D eigenvalue weighted by Crippen LogP contribution is -2.35. The topological polar surface area (TPSA) is 111 Å². The molecular weight excluding hydrogens is 287 g/mol. The van der Waals surface area contributed by atoms with Gasteiger partial charge in [0.05, 0.1) is 12.3 Å². The van der Waals surface area contributed by atoms with Gasteiger partial charge in [0.1, 0.15) is 18.4 Å². The number of H-pyrrole nitrogens is 1. The van der Waals surface area contributed by atoms with E-state index in [0.717, 1.165) is 10.8 Å². The van der Waals surface area contributed by atoms with Crippen LogP contribution in [-0.2, 0) is 14.3 Å². The van der Waals surface area contributed by atoms with E-state index in [9.17, 15) is 23.9 Å². The molecule has 0 aromatic carbocycles. The zero-order valence-corrected chi connectivity index (χ0v) is 11.4. The monoisotopic (exact) mass is 302 g/mol. The minimum Gasteiger partial charge on any atom is -0.459 e. The van der Waals surface area contributed by atoms with Gasteiger partial charge in [0.25, 0.3) is 5.56 Å². The second-order valence-corrected chi connectivity index (χ2v) is 4.82. The van der Waals surface area contributed by atoms with Crippen molar-refractivity contribution in [1.82, 2.24) is 9.55 Å². The van der Waals surface area contributed by atoms with Gasteiger partial charge in [0, 0.05) is 13.3 Å². The zero-order valence-electron chi connectivity index (χ0n) is 11.4. The standard InChI is InChI=1S/C12H15FN2O6/c1-5(16)10-8(20-6(2)17)3-9(21-10)15-4-7(13)11(18)14-12(15)19/h4-5,8-10,16H,3H2,1-2H3,(H,14,18,19)/t5-,8-,9+,10+/m0/s1. The van der Waals surface area contributed by atoms with Gasteiger partial charge < -0.3 is 14.6 Å². The summed E-state index contributed by atoms with van der Waals surface area (Å²) in [5, 5.41) is 9.63. The average molecular weight is 302 g/mol. The summed E-state index contributed by atoms with van der Waals surface area (Å²) in [5.74, 6) is -1.70. The second-order valence-electron chi connectivity index (χ2n) is 4.82. The number of hydrogen-bond acceptors (Lipinski definition) is 6. The SMILES string of the molecule is CC(=O)O[C@H]1C[C@H](n2cc(F)c(=O)[nH]c2=O)O[C@@H]1[C@H](C)O. The summed E-state index contributed by atoms with van der Waals surface area (Å²) in [6, 6.07) is 0. The Morgan fingerprint density at radius 1 is 1.62 bits per heavy atom. The van der Waals surface area contributed by atoms with Gasteiger partial charge in [-0.05, 0) is 6.92 Å². The summed E-state index contributed by atoms with van der Waals surface area (Å²) in [6.45, 7) is 2.65. The molecule has 1 aromatic rings. The largest absolute Gasteiger partial charge is 0.459 e. The van der Waals surface area contributed by atoms with E-state index in [0.29, 0.717) is 0 Å². The molecule has 21 heavy (non-hydrogen) atoms. The third kappa shape index (κ3) is 3.19. The van der Waals surface area contributed by atoms with Gasteiger partial charge >= 0.3 is 11.7 Å². The third-order valence-corrected chi connectivity index (χ3v) is 3.14. The lowest BCUT2D eigenvalue weighted by atomic mass is 10.1. The number of hydrogen-bond donors (Lipinski definition) is 2. The fourth-order valence-electron chi connectivity index (χ4n) is 2.26. The fraction of sp³-hybridized carbons (Fsp3) is 0.583. The Morgan fingerprint density at radius 3 is 2.86 bits per heavy atom. The molecule has 9 heteroatoms. The molecule has 0 aliphatic carbocycles. The van der Waals surface area contributed by atoms with E-state index in [-0.39, 0.29) is 6.42 Å². The minimum absolute atomic E-state index is 0.0561. The zero-order chi connectivity index (χ0) is 15.7. The third-order valence-electron chi connectivity index (χ3n) is 3.14. The Hall–Kier alpha value is -2.00. The van der Waals surface area contributed by atoms with Crippen LogP contribution < -0.4 is 11.2 Å². The Labute approximate surface area is 118 Å². The van der Waals surface area contributed by atoms with Crippen LogP contribution in [0.1, 0.15) is 26.5 Å². The number of nitrogens with zero attached hydrogens (tertiary/aromatic N) is 1. The Morgan fingerprint density at radius 2 is 2.29 bits per heavy atom. The van der Waals surface area contributed by atoms with E-state index >= 15 is 0 Å². The quantitative estimate of drug-likeness (QED) is 0.713. The highest BCUT2D eigenvalue weighted by molar-refractivity contribution is 5.66. The van der Waals surface area contributed by atoms with E-state index in [1.54, 1.807) is 0 Å². The molecule has 1 saturated heterocycles. The normalized spacial score (nSPS) is 26.6. The highest BCUT2D eigenvalue weighted by atomic mass is 19.1. The van der Waals surface area contributed by atoms with Crippen LogP contribution >= 0.6 is 0 Å². The van der Waals surface area contributed by atoms with Crippen molar-refractivity contribution < 1.29 is 23.8 Å². The van der Waals surface area contributed by atoms with Crippen molar-refractivity contribution in [3.63, 3.8) is 0 Å². The molecular formula is C12H15FN2O6. The van der Waals surface area contributed by atoms with E-state index < -0.39 is 47.6 Å². The van der Waals surface area contributed by atoms with Crippen LogP contribution in [0.4, 0.5) is 4.39 Å². The number of aliphatic hydroxyl groups excluding tert-OH is 1. The molecule has 1 aliphatic heterocycles. The van der Waals surface area contributed by atoms with Crippen molar-refractivity contribution in [3.05, 3.63) is 32.9 Å². The van der Waals surface area contributed by atoms with Crippen LogP contribution in [-0.4, -0.2) is 38.9 Å². The molecule has 8 nitrogen and oxygen atoms in total. The first-order chi connectivity index (χ1) is 9.79. The van der Waals surface area contributed by atoms with E-state index in [1.807, 2.05) is 4.98 Å². The van der Waals surface area contributed by atoms with Crippen LogP contribution in [0.2, 0.25) is 0 Å². The number of halogens is 1. The number of carbonyl (C=O) groups excluding carboxylic acids is 1. The summed E-state index contributed by atoms with van der Waals surface area (Å²) in [7, 11) is 0. The molecule has 2 N–H and O–H groups in total. The molecule has 4 atom stereocenters. The van der Waals surface area contributed by atoms with Gasteiger partial charge in [-0.25, -0.2) is 4.79 Å². The van der Waals surface area contributed by atoms with Gasteiger partial charge in [0.2, 0.25) is 5.82 Å². The number of aromatic nitrogens is 2. The van der Waals surface area contributed by atoms with Crippen molar-refractivity contribution in [2.45, 2.75) is 44.8 Å². The summed E-state index contributed by atoms with van der Waals surface area (Å²) in [4.78, 5) is 35.5. The maximum atomic E-state index is 13.3. The van der Waals surface area contributed by atoms with Crippen molar-refractivity contribution in [1.29, 1.82) is 0 Å². The molecule has 2 rings (SSSR count). The summed E-state index contributed by atoms with van der Waals surface area (Å²) in [5.41, 5.74) is -1.97. The molecule has 1 fully saturated rings. The van der Waals surface area contributed by atoms with Crippen molar-refractivity contribution in [2.75, 3.05) is 0 Å². The number of rotatable bonds is 3. The fourth-order valence-corrected chi connectivity index (χ4v) is 2.26. The molecule has 1 aliphatic rings. The van der Waals surface area contributed by atoms with Gasteiger partial charge in [-0.2, -0.15) is 4.39 Å². The summed E-state index contributed by atoms with van der Waals surface area (Å²) < 4.78 is 24.6. The van der Waals surface area contributed by atoms with E-state index in [2.05, 4.69) is 0 Å². The maximum Gasteiger partial charge on any atom is 0.330 e. The maximum absolute atomic E-state index is 13.3.